The van der Waals surface area contributed by atoms with Gasteiger partial charge in [-0.2, -0.15) is 0 Å². The summed E-state index contributed by atoms with van der Waals surface area (Å²) in [6.07, 6.45) is 4.26. The van der Waals surface area contributed by atoms with E-state index in [1.165, 1.54) is 0 Å². The Balaban J connectivity index is 1.61. The molecule has 1 fully saturated rings. The molecule has 1 amide bonds. The monoisotopic (exact) mass is 431 g/mol. The van der Waals surface area contributed by atoms with Crippen LogP contribution in [0.2, 0.25) is 5.02 Å². The Hall–Kier alpha value is -2.55. The Morgan fingerprint density at radius 2 is 2.10 bits per heavy atom. The Labute approximate surface area is 178 Å². The minimum absolute atomic E-state index is 0.137. The van der Waals surface area contributed by atoms with Gasteiger partial charge in [-0.25, -0.2) is 14.8 Å². The quantitative estimate of drug-likeness (QED) is 0.720. The van der Waals surface area contributed by atoms with Gasteiger partial charge < -0.3 is 19.8 Å². The van der Waals surface area contributed by atoms with Gasteiger partial charge in [0.05, 0.1) is 17.3 Å². The lowest BCUT2D eigenvalue weighted by Gasteiger charge is -2.21. The molecule has 0 radical (unpaired) electrons. The van der Waals surface area contributed by atoms with Gasteiger partial charge in [-0.05, 0) is 30.4 Å². The average molecular weight is 432 g/mol. The molecule has 3 heterocycles. The molecular formula is C21H22ClN3O5. The summed E-state index contributed by atoms with van der Waals surface area (Å²) in [5, 5.41) is 19.0. The van der Waals surface area contributed by atoms with Crippen LogP contribution in [-0.4, -0.2) is 62.8 Å². The molecule has 1 atom stereocenters. The molecule has 1 aromatic carbocycles. The number of amides is 1. The fraction of sp³-hybridized carbons (Fsp3) is 0.429. The third-order valence-electron chi connectivity index (χ3n) is 5.66. The van der Waals surface area contributed by atoms with E-state index in [0.717, 1.165) is 37.4 Å². The highest BCUT2D eigenvalue weighted by molar-refractivity contribution is 6.32. The highest BCUT2D eigenvalue weighted by Crippen LogP contribution is 2.32. The first-order chi connectivity index (χ1) is 14.5. The summed E-state index contributed by atoms with van der Waals surface area (Å²) >= 11 is 6.35. The molecule has 0 saturated carbocycles. The van der Waals surface area contributed by atoms with Crippen molar-refractivity contribution in [2.24, 2.45) is 5.92 Å². The molecule has 2 N–H and O–H groups in total. The number of nitrogens with zero attached hydrogens (tertiary/aromatic N) is 3. The molecular weight excluding hydrogens is 410 g/mol. The number of halogens is 1. The predicted octanol–water partition coefficient (Wildman–Crippen LogP) is 2.17. The number of carboxylic acid groups (broad SMARTS) is 1. The van der Waals surface area contributed by atoms with E-state index in [0.29, 0.717) is 39.1 Å². The Morgan fingerprint density at radius 1 is 1.33 bits per heavy atom. The lowest BCUT2D eigenvalue weighted by Crippen LogP contribution is -2.43. The minimum Gasteiger partial charge on any atom is -0.480 e. The van der Waals surface area contributed by atoms with Crippen LogP contribution in [0.1, 0.15) is 34.6 Å². The van der Waals surface area contributed by atoms with E-state index >= 15 is 0 Å². The summed E-state index contributed by atoms with van der Waals surface area (Å²) in [5.41, 5.74) is 2.31. The molecule has 0 aliphatic carbocycles. The normalized spacial score (nSPS) is 17.8. The number of hydrogen-bond acceptors (Lipinski definition) is 6. The highest BCUT2D eigenvalue weighted by atomic mass is 35.5. The Kier molecular flexibility index (Phi) is 5.99. The second-order valence-electron chi connectivity index (χ2n) is 7.58. The number of aliphatic hydroxyl groups excluding tert-OH is 1. The minimum atomic E-state index is -1.28. The number of carbonyl (C=O) groups is 2. The molecule has 1 saturated heterocycles. The van der Waals surface area contributed by atoms with Crippen molar-refractivity contribution in [3.63, 3.8) is 0 Å². The highest BCUT2D eigenvalue weighted by Gasteiger charge is 2.36. The Bertz CT molecular complexity index is 977. The molecule has 8 nitrogen and oxygen atoms in total. The third kappa shape index (κ3) is 4.03. The van der Waals surface area contributed by atoms with Gasteiger partial charge in [0, 0.05) is 43.5 Å². The molecule has 158 valence electrons. The number of carboxylic acids is 1. The van der Waals surface area contributed by atoms with Crippen molar-refractivity contribution in [3.8, 4) is 11.3 Å². The second kappa shape index (κ2) is 8.67. The van der Waals surface area contributed by atoms with E-state index < -0.39 is 24.5 Å². The molecule has 0 bridgehead atoms. The third-order valence-corrected chi connectivity index (χ3v) is 5.93. The number of aliphatic hydroxyl groups is 1. The van der Waals surface area contributed by atoms with E-state index in [1.54, 1.807) is 18.3 Å². The van der Waals surface area contributed by atoms with Crippen molar-refractivity contribution in [3.05, 3.63) is 46.4 Å². The van der Waals surface area contributed by atoms with Crippen molar-refractivity contribution in [2.45, 2.75) is 31.8 Å². The van der Waals surface area contributed by atoms with Gasteiger partial charge in [0.15, 0.2) is 6.04 Å². The van der Waals surface area contributed by atoms with Crippen LogP contribution in [0.4, 0.5) is 0 Å². The van der Waals surface area contributed by atoms with Gasteiger partial charge >= 0.3 is 5.97 Å². The number of aromatic nitrogens is 2. The molecule has 1 unspecified atom stereocenters. The number of fused-ring (bicyclic) bond motifs is 1. The smallest absolute Gasteiger partial charge is 0.328 e. The van der Waals surface area contributed by atoms with Crippen LogP contribution in [0, 0.1) is 5.92 Å². The van der Waals surface area contributed by atoms with Gasteiger partial charge in [0.2, 0.25) is 0 Å². The van der Waals surface area contributed by atoms with Crippen LogP contribution >= 0.6 is 11.6 Å². The zero-order valence-corrected chi connectivity index (χ0v) is 17.0. The zero-order valence-electron chi connectivity index (χ0n) is 16.3. The van der Waals surface area contributed by atoms with E-state index in [-0.39, 0.29) is 6.54 Å². The maximum atomic E-state index is 12.8. The first-order valence-corrected chi connectivity index (χ1v) is 10.2. The summed E-state index contributed by atoms with van der Waals surface area (Å²) in [4.78, 5) is 34.3. The number of carbonyl (C=O) groups excluding carboxylic acids is 1. The van der Waals surface area contributed by atoms with E-state index in [9.17, 15) is 19.8 Å². The number of aliphatic carboxylic acids is 1. The molecule has 9 heteroatoms. The van der Waals surface area contributed by atoms with Crippen molar-refractivity contribution in [1.29, 1.82) is 0 Å². The first-order valence-electron chi connectivity index (χ1n) is 9.85. The fourth-order valence-corrected chi connectivity index (χ4v) is 4.15. The van der Waals surface area contributed by atoms with E-state index in [4.69, 9.17) is 16.3 Å². The van der Waals surface area contributed by atoms with Crippen molar-refractivity contribution >= 4 is 23.5 Å². The summed E-state index contributed by atoms with van der Waals surface area (Å²) in [6.45, 7) is 0.993. The lowest BCUT2D eigenvalue weighted by atomic mass is 9.96. The molecule has 30 heavy (non-hydrogen) atoms. The topological polar surface area (TPSA) is 113 Å². The molecule has 0 spiro atoms. The molecule has 1 aromatic heterocycles. The fourth-order valence-electron chi connectivity index (χ4n) is 3.95. The van der Waals surface area contributed by atoms with Crippen LogP contribution in [0.3, 0.4) is 0 Å². The first kappa shape index (κ1) is 20.7. The summed E-state index contributed by atoms with van der Waals surface area (Å²) in [5.74, 6) is -0.508. The van der Waals surface area contributed by atoms with Crippen LogP contribution in [-0.2, 0) is 22.5 Å². The van der Waals surface area contributed by atoms with Crippen molar-refractivity contribution in [1.82, 2.24) is 14.9 Å². The summed E-state index contributed by atoms with van der Waals surface area (Å²) in [6, 6.07) is 3.99. The number of rotatable bonds is 6. The zero-order chi connectivity index (χ0) is 21.3. The maximum Gasteiger partial charge on any atom is 0.328 e. The van der Waals surface area contributed by atoms with E-state index in [2.05, 4.69) is 9.97 Å². The molecule has 2 aliphatic rings. The second-order valence-corrected chi connectivity index (χ2v) is 7.99. The standard InChI is InChI=1S/C21H22ClN3O5/c22-16-9-23-18(7-12-3-5-30-6-4-12)24-19(16)13-1-2-14-10-25(17(11-26)21(28)29)20(27)15(14)8-13/h1-2,8-9,12,17,26H,3-7,10-11H2,(H,28,29). The van der Waals surface area contributed by atoms with Gasteiger partial charge in [0.1, 0.15) is 5.82 Å². The number of benzene rings is 1. The average Bonchev–Trinajstić information content (AvgIpc) is 3.06. The number of ether oxygens (including phenoxy) is 1. The van der Waals surface area contributed by atoms with Crippen molar-refractivity contribution in [2.75, 3.05) is 19.8 Å². The largest absolute Gasteiger partial charge is 0.480 e. The number of hydrogen-bond donors (Lipinski definition) is 2. The van der Waals surface area contributed by atoms with Crippen LogP contribution in [0.25, 0.3) is 11.3 Å². The van der Waals surface area contributed by atoms with Gasteiger partial charge in [-0.15, -0.1) is 0 Å². The Morgan fingerprint density at radius 3 is 2.80 bits per heavy atom. The van der Waals surface area contributed by atoms with Gasteiger partial charge in [0.25, 0.3) is 5.91 Å². The molecule has 2 aliphatic heterocycles. The van der Waals surface area contributed by atoms with Crippen LogP contribution < -0.4 is 0 Å². The van der Waals surface area contributed by atoms with Gasteiger partial charge in [-0.3, -0.25) is 4.79 Å². The molecule has 4 rings (SSSR count). The summed E-state index contributed by atoms with van der Waals surface area (Å²) < 4.78 is 5.40. The van der Waals surface area contributed by atoms with Crippen LogP contribution in [0.5, 0.6) is 0 Å². The summed E-state index contributed by atoms with van der Waals surface area (Å²) in [7, 11) is 0. The SMILES string of the molecule is O=C(O)C(CO)N1Cc2ccc(-c3nc(CC4CCOCC4)ncc3Cl)cc2C1=O. The lowest BCUT2D eigenvalue weighted by molar-refractivity contribution is -0.143. The van der Waals surface area contributed by atoms with Gasteiger partial charge in [-0.1, -0.05) is 23.7 Å². The maximum absolute atomic E-state index is 12.8. The van der Waals surface area contributed by atoms with Crippen LogP contribution in [0.15, 0.2) is 24.4 Å². The molecule has 2 aromatic rings. The van der Waals surface area contributed by atoms with E-state index in [1.807, 2.05) is 6.07 Å². The predicted molar refractivity (Wildman–Crippen MR) is 108 cm³/mol. The van der Waals surface area contributed by atoms with Crippen molar-refractivity contribution < 1.29 is 24.5 Å².